The Kier molecular flexibility index (Phi) is 5.64. The van der Waals surface area contributed by atoms with Crippen LogP contribution in [0, 0.1) is 0 Å². The molecule has 9 heteroatoms. The van der Waals surface area contributed by atoms with E-state index in [9.17, 15) is 18.0 Å². The number of hydrogen-bond acceptors (Lipinski definition) is 4. The summed E-state index contributed by atoms with van der Waals surface area (Å²) in [7, 11) is 0. The lowest BCUT2D eigenvalue weighted by atomic mass is 10.2. The number of benzene rings is 2. The highest BCUT2D eigenvalue weighted by atomic mass is 19.4. The summed E-state index contributed by atoms with van der Waals surface area (Å²) in [5.41, 5.74) is 5.85. The smallest absolute Gasteiger partial charge is 0.340 e. The Morgan fingerprint density at radius 1 is 0.857 bits per heavy atom. The van der Waals surface area contributed by atoms with Crippen molar-refractivity contribution in [3.63, 3.8) is 0 Å². The predicted molar refractivity (Wildman–Crippen MR) is 101 cm³/mol. The van der Waals surface area contributed by atoms with Gasteiger partial charge in [-0.15, -0.1) is 0 Å². The molecule has 0 spiro atoms. The number of hydrazine groups is 1. The molecule has 0 saturated carbocycles. The lowest BCUT2D eigenvalue weighted by Gasteiger charge is -2.11. The number of hydrogen-bond donors (Lipinski definition) is 4. The van der Waals surface area contributed by atoms with Crippen molar-refractivity contribution in [3.05, 3.63) is 78.5 Å². The number of pyridine rings is 1. The molecule has 2 aromatic carbocycles. The first-order chi connectivity index (χ1) is 13.4. The van der Waals surface area contributed by atoms with Gasteiger partial charge in [-0.1, -0.05) is 24.3 Å². The number of halogens is 3. The van der Waals surface area contributed by atoms with Gasteiger partial charge in [-0.3, -0.25) is 10.9 Å². The van der Waals surface area contributed by atoms with Crippen LogP contribution in [-0.4, -0.2) is 11.0 Å². The molecular weight excluding hydrogens is 371 g/mol. The van der Waals surface area contributed by atoms with Gasteiger partial charge in [0.05, 0.1) is 23.1 Å². The molecule has 1 aromatic heterocycles. The molecule has 144 valence electrons. The molecule has 0 aliphatic heterocycles. The quantitative estimate of drug-likeness (QED) is 0.465. The van der Waals surface area contributed by atoms with E-state index in [4.69, 9.17) is 0 Å². The van der Waals surface area contributed by atoms with E-state index in [1.165, 1.54) is 18.3 Å². The standard InChI is InChI=1S/C19H16F3N5O/c20-19(21,22)13-5-4-8-15(11-13)24-17-10-9-16(12-23-17)25-18(28)27-26-14-6-2-1-3-7-14/h1-12,26H,(H,23,24)(H2,25,27,28). The number of rotatable bonds is 5. The van der Waals surface area contributed by atoms with Crippen LogP contribution in [0.2, 0.25) is 0 Å². The molecule has 4 N–H and O–H groups in total. The van der Waals surface area contributed by atoms with Crippen LogP contribution in [0.1, 0.15) is 5.56 Å². The molecule has 0 saturated heterocycles. The van der Waals surface area contributed by atoms with Crippen molar-refractivity contribution in [1.82, 2.24) is 10.4 Å². The molecule has 2 amide bonds. The summed E-state index contributed by atoms with van der Waals surface area (Å²) in [6.45, 7) is 0. The Morgan fingerprint density at radius 2 is 1.61 bits per heavy atom. The predicted octanol–water partition coefficient (Wildman–Crippen LogP) is 4.99. The summed E-state index contributed by atoms with van der Waals surface area (Å²) < 4.78 is 38.3. The van der Waals surface area contributed by atoms with Crippen LogP contribution in [0.3, 0.4) is 0 Å². The van der Waals surface area contributed by atoms with Gasteiger partial charge in [0.1, 0.15) is 5.82 Å². The number of carbonyl (C=O) groups excluding carboxylic acids is 1. The number of carbonyl (C=O) groups is 1. The molecule has 0 bridgehead atoms. The lowest BCUT2D eigenvalue weighted by Crippen LogP contribution is -2.33. The summed E-state index contributed by atoms with van der Waals surface area (Å²) in [4.78, 5) is 15.9. The van der Waals surface area contributed by atoms with Crippen molar-refractivity contribution in [2.45, 2.75) is 6.18 Å². The third-order valence-electron chi connectivity index (χ3n) is 3.58. The number of para-hydroxylation sites is 1. The zero-order valence-electron chi connectivity index (χ0n) is 14.4. The molecule has 6 nitrogen and oxygen atoms in total. The topological polar surface area (TPSA) is 78.1 Å². The van der Waals surface area contributed by atoms with Crippen LogP contribution < -0.4 is 21.5 Å². The first kappa shape index (κ1) is 19.0. The van der Waals surface area contributed by atoms with Gasteiger partial charge in [-0.2, -0.15) is 13.2 Å². The number of nitrogens with one attached hydrogen (secondary N) is 4. The van der Waals surface area contributed by atoms with Crippen LogP contribution in [0.25, 0.3) is 0 Å². The highest BCUT2D eigenvalue weighted by Gasteiger charge is 2.30. The largest absolute Gasteiger partial charge is 0.416 e. The maximum Gasteiger partial charge on any atom is 0.416 e. The molecule has 1 heterocycles. The first-order valence-electron chi connectivity index (χ1n) is 8.18. The third-order valence-corrected chi connectivity index (χ3v) is 3.58. The number of aromatic nitrogens is 1. The van der Waals surface area contributed by atoms with Gasteiger partial charge in [0, 0.05) is 5.69 Å². The van der Waals surface area contributed by atoms with Crippen molar-refractivity contribution in [2.75, 3.05) is 16.1 Å². The van der Waals surface area contributed by atoms with Crippen LogP contribution in [0.15, 0.2) is 72.9 Å². The molecule has 3 aromatic rings. The Morgan fingerprint density at radius 3 is 2.29 bits per heavy atom. The summed E-state index contributed by atoms with van der Waals surface area (Å²) in [6.07, 6.45) is -3.03. The Labute approximate surface area is 158 Å². The maximum atomic E-state index is 12.8. The Balaban J connectivity index is 1.55. The molecular formula is C19H16F3N5O. The van der Waals surface area contributed by atoms with E-state index in [0.717, 1.165) is 17.8 Å². The van der Waals surface area contributed by atoms with Crippen LogP contribution in [-0.2, 0) is 6.18 Å². The molecule has 0 fully saturated rings. The molecule has 0 aliphatic rings. The molecule has 0 unspecified atom stereocenters. The van der Waals surface area contributed by atoms with E-state index in [0.29, 0.717) is 11.5 Å². The van der Waals surface area contributed by atoms with Crippen molar-refractivity contribution in [2.24, 2.45) is 0 Å². The van der Waals surface area contributed by atoms with Gasteiger partial charge >= 0.3 is 12.2 Å². The minimum absolute atomic E-state index is 0.257. The highest BCUT2D eigenvalue weighted by Crippen LogP contribution is 2.31. The van der Waals surface area contributed by atoms with E-state index in [2.05, 4.69) is 26.5 Å². The van der Waals surface area contributed by atoms with Gasteiger partial charge in [-0.25, -0.2) is 9.78 Å². The lowest BCUT2D eigenvalue weighted by molar-refractivity contribution is -0.137. The molecule has 0 aliphatic carbocycles. The van der Waals surface area contributed by atoms with Gasteiger partial charge in [-0.05, 0) is 42.5 Å². The van der Waals surface area contributed by atoms with Crippen molar-refractivity contribution in [3.8, 4) is 0 Å². The second kappa shape index (κ2) is 8.30. The number of nitrogens with zero attached hydrogens (tertiary/aromatic N) is 1. The normalized spacial score (nSPS) is 10.8. The summed E-state index contributed by atoms with van der Waals surface area (Å²) in [6, 6.07) is 16.5. The first-order valence-corrected chi connectivity index (χ1v) is 8.18. The maximum absolute atomic E-state index is 12.8. The van der Waals surface area contributed by atoms with E-state index in [1.54, 1.807) is 24.3 Å². The average Bonchev–Trinajstić information content (AvgIpc) is 2.68. The Bertz CT molecular complexity index is 930. The van der Waals surface area contributed by atoms with Crippen LogP contribution in [0.4, 0.5) is 40.8 Å². The highest BCUT2D eigenvalue weighted by molar-refractivity contribution is 5.89. The summed E-state index contributed by atoms with van der Waals surface area (Å²) in [5.74, 6) is 0.340. The number of alkyl halides is 3. The van der Waals surface area contributed by atoms with Gasteiger partial charge in [0.25, 0.3) is 0 Å². The third kappa shape index (κ3) is 5.37. The van der Waals surface area contributed by atoms with Crippen molar-refractivity contribution < 1.29 is 18.0 Å². The zero-order chi connectivity index (χ0) is 20.0. The molecule has 3 rings (SSSR count). The van der Waals surface area contributed by atoms with Crippen LogP contribution >= 0.6 is 0 Å². The molecule has 0 atom stereocenters. The number of amides is 2. The molecule has 28 heavy (non-hydrogen) atoms. The average molecular weight is 387 g/mol. The van der Waals surface area contributed by atoms with Crippen LogP contribution in [0.5, 0.6) is 0 Å². The van der Waals surface area contributed by atoms with E-state index < -0.39 is 17.8 Å². The monoisotopic (exact) mass is 387 g/mol. The fourth-order valence-electron chi connectivity index (χ4n) is 2.28. The van der Waals surface area contributed by atoms with Gasteiger partial charge < -0.3 is 10.6 Å². The zero-order valence-corrected chi connectivity index (χ0v) is 14.4. The van der Waals surface area contributed by atoms with Crippen molar-refractivity contribution >= 4 is 28.9 Å². The minimum Gasteiger partial charge on any atom is -0.340 e. The minimum atomic E-state index is -4.42. The van der Waals surface area contributed by atoms with Gasteiger partial charge in [0.15, 0.2) is 0 Å². The fourth-order valence-corrected chi connectivity index (χ4v) is 2.28. The summed E-state index contributed by atoms with van der Waals surface area (Å²) in [5, 5.41) is 5.37. The van der Waals surface area contributed by atoms with Gasteiger partial charge in [0.2, 0.25) is 0 Å². The second-order valence-corrected chi connectivity index (χ2v) is 5.71. The van der Waals surface area contributed by atoms with E-state index >= 15 is 0 Å². The summed E-state index contributed by atoms with van der Waals surface area (Å²) >= 11 is 0. The number of urea groups is 1. The fraction of sp³-hybridized carbons (Fsp3) is 0.0526. The SMILES string of the molecule is O=C(NNc1ccccc1)Nc1ccc(Nc2cccc(C(F)(F)F)c2)nc1. The Hall–Kier alpha value is -3.75. The van der Waals surface area contributed by atoms with E-state index in [1.807, 2.05) is 18.2 Å². The molecule has 0 radical (unpaired) electrons. The second-order valence-electron chi connectivity index (χ2n) is 5.71. The number of anilines is 4. The van der Waals surface area contributed by atoms with E-state index in [-0.39, 0.29) is 5.69 Å². The van der Waals surface area contributed by atoms with Crippen molar-refractivity contribution in [1.29, 1.82) is 0 Å².